The van der Waals surface area contributed by atoms with E-state index in [0.717, 1.165) is 34.2 Å². The molecule has 4 rings (SSSR count). The Morgan fingerprint density at radius 2 is 1.93 bits per heavy atom. The average molecular weight is 460 g/mol. The van der Waals surface area contributed by atoms with E-state index < -0.39 is 5.97 Å². The fraction of sp³-hybridized carbons (Fsp3) is 0.190. The number of nitrogens with zero attached hydrogens (tertiary/aromatic N) is 2. The molecule has 1 aliphatic rings. The van der Waals surface area contributed by atoms with E-state index >= 15 is 0 Å². The quantitative estimate of drug-likeness (QED) is 0.432. The first kappa shape index (κ1) is 18.9. The Morgan fingerprint density at radius 1 is 1.14 bits per heavy atom. The molecule has 142 valence electrons. The number of aryl methyl sites for hydroxylation is 1. The Bertz CT molecular complexity index is 1050. The average Bonchev–Trinajstić information content (AvgIpc) is 3.50. The highest BCUT2D eigenvalue weighted by Crippen LogP contribution is 2.46. The molecule has 3 aromatic rings. The van der Waals surface area contributed by atoms with E-state index in [0.29, 0.717) is 11.5 Å². The minimum absolute atomic E-state index is 0.101. The van der Waals surface area contributed by atoms with Crippen molar-refractivity contribution in [2.75, 3.05) is 0 Å². The van der Waals surface area contributed by atoms with Crippen molar-refractivity contribution in [3.05, 3.63) is 74.8 Å². The molecule has 0 bridgehead atoms. The third-order valence-corrected chi connectivity index (χ3v) is 5.10. The summed E-state index contributed by atoms with van der Waals surface area (Å²) in [6, 6.07) is 14.4. The van der Waals surface area contributed by atoms with E-state index in [2.05, 4.69) is 32.2 Å². The first-order valence-corrected chi connectivity index (χ1v) is 9.96. The molecule has 2 aromatic carbocycles. The van der Waals surface area contributed by atoms with Gasteiger partial charge in [-0.25, -0.2) is 4.79 Å². The summed E-state index contributed by atoms with van der Waals surface area (Å²) in [7, 11) is 0. The highest BCUT2D eigenvalue weighted by atomic mass is 79.9. The fourth-order valence-corrected chi connectivity index (χ4v) is 3.42. The maximum atomic E-state index is 12.5. The van der Waals surface area contributed by atoms with Gasteiger partial charge in [0.25, 0.3) is 5.88 Å². The van der Waals surface area contributed by atoms with Gasteiger partial charge in [-0.3, -0.25) is 0 Å². The summed E-state index contributed by atoms with van der Waals surface area (Å²) >= 11 is 9.32. The van der Waals surface area contributed by atoms with Crippen LogP contribution in [-0.4, -0.2) is 16.2 Å². The summed E-state index contributed by atoms with van der Waals surface area (Å²) in [6.45, 7) is 1.97. The maximum absolute atomic E-state index is 12.5. The van der Waals surface area contributed by atoms with E-state index in [1.54, 1.807) is 18.2 Å². The SMILES string of the molecule is Cc1cccc(C2CC2)c1Oc1nnc(Cl)cc1OC(=O)c1cccc(Br)c1. The van der Waals surface area contributed by atoms with Crippen LogP contribution in [0.2, 0.25) is 5.15 Å². The smallest absolute Gasteiger partial charge is 0.343 e. The van der Waals surface area contributed by atoms with Crippen LogP contribution in [0, 0.1) is 6.92 Å². The number of hydrogen-bond acceptors (Lipinski definition) is 5. The number of hydrogen-bond donors (Lipinski definition) is 0. The van der Waals surface area contributed by atoms with Crippen LogP contribution in [-0.2, 0) is 0 Å². The van der Waals surface area contributed by atoms with Crippen LogP contribution in [0.1, 0.15) is 40.2 Å². The zero-order valence-electron chi connectivity index (χ0n) is 15.0. The second kappa shape index (κ2) is 7.89. The minimum Gasteiger partial charge on any atom is -0.434 e. The zero-order chi connectivity index (χ0) is 19.7. The third-order valence-electron chi connectivity index (χ3n) is 4.42. The van der Waals surface area contributed by atoms with E-state index in [9.17, 15) is 4.79 Å². The third kappa shape index (κ3) is 4.18. The lowest BCUT2D eigenvalue weighted by Crippen LogP contribution is -2.10. The second-order valence-corrected chi connectivity index (χ2v) is 7.91. The van der Waals surface area contributed by atoms with Crippen molar-refractivity contribution in [2.45, 2.75) is 25.7 Å². The minimum atomic E-state index is -0.539. The highest BCUT2D eigenvalue weighted by Gasteiger charge is 2.28. The van der Waals surface area contributed by atoms with Crippen molar-refractivity contribution in [1.29, 1.82) is 0 Å². The van der Waals surface area contributed by atoms with Crippen molar-refractivity contribution >= 4 is 33.5 Å². The van der Waals surface area contributed by atoms with Gasteiger partial charge in [0.05, 0.1) is 5.56 Å². The van der Waals surface area contributed by atoms with Gasteiger partial charge in [0.1, 0.15) is 5.75 Å². The number of esters is 1. The van der Waals surface area contributed by atoms with Crippen LogP contribution in [0.5, 0.6) is 17.4 Å². The molecular weight excluding hydrogens is 444 g/mol. The molecule has 0 atom stereocenters. The van der Waals surface area contributed by atoms with Crippen LogP contribution in [0.4, 0.5) is 0 Å². The summed E-state index contributed by atoms with van der Waals surface area (Å²) in [4.78, 5) is 12.5. The number of rotatable bonds is 5. The van der Waals surface area contributed by atoms with Gasteiger partial charge in [-0.1, -0.05) is 51.8 Å². The van der Waals surface area contributed by atoms with Crippen molar-refractivity contribution in [1.82, 2.24) is 10.2 Å². The Morgan fingerprint density at radius 3 is 2.68 bits per heavy atom. The summed E-state index contributed by atoms with van der Waals surface area (Å²) in [5.74, 6) is 0.894. The molecule has 1 aliphatic carbocycles. The number of para-hydroxylation sites is 1. The van der Waals surface area contributed by atoms with Crippen molar-refractivity contribution in [3.63, 3.8) is 0 Å². The van der Waals surface area contributed by atoms with Gasteiger partial charge in [-0.05, 0) is 55.0 Å². The Labute approximate surface area is 175 Å². The number of benzene rings is 2. The molecule has 7 heteroatoms. The van der Waals surface area contributed by atoms with Crippen molar-refractivity contribution < 1.29 is 14.3 Å². The first-order valence-electron chi connectivity index (χ1n) is 8.79. The highest BCUT2D eigenvalue weighted by molar-refractivity contribution is 9.10. The molecule has 0 radical (unpaired) electrons. The first-order chi connectivity index (χ1) is 13.5. The van der Waals surface area contributed by atoms with Gasteiger partial charge in [-0.15, -0.1) is 10.2 Å². The van der Waals surface area contributed by atoms with E-state index in [1.165, 1.54) is 6.07 Å². The van der Waals surface area contributed by atoms with E-state index in [1.807, 2.05) is 25.1 Å². The summed E-state index contributed by atoms with van der Waals surface area (Å²) in [5, 5.41) is 7.96. The summed E-state index contributed by atoms with van der Waals surface area (Å²) < 4.78 is 12.4. The Balaban J connectivity index is 1.65. The molecule has 0 aliphatic heterocycles. The fourth-order valence-electron chi connectivity index (χ4n) is 2.89. The van der Waals surface area contributed by atoms with Crippen LogP contribution in [0.15, 0.2) is 53.0 Å². The Kier molecular flexibility index (Phi) is 5.33. The lowest BCUT2D eigenvalue weighted by atomic mass is 10.1. The van der Waals surface area contributed by atoms with Gasteiger partial charge in [0.2, 0.25) is 0 Å². The number of aromatic nitrogens is 2. The number of carbonyl (C=O) groups is 1. The number of carbonyl (C=O) groups excluding carboxylic acids is 1. The number of halogens is 2. The predicted octanol–water partition coefficient (Wildman–Crippen LogP) is 6.09. The molecule has 28 heavy (non-hydrogen) atoms. The van der Waals surface area contributed by atoms with Gasteiger partial charge >= 0.3 is 5.97 Å². The van der Waals surface area contributed by atoms with Crippen LogP contribution in [0.25, 0.3) is 0 Å². The second-order valence-electron chi connectivity index (χ2n) is 6.61. The zero-order valence-corrected chi connectivity index (χ0v) is 17.3. The molecule has 0 unspecified atom stereocenters. The molecule has 1 saturated carbocycles. The summed E-state index contributed by atoms with van der Waals surface area (Å²) in [5.41, 5.74) is 2.49. The molecular formula is C21H16BrClN2O3. The van der Waals surface area contributed by atoms with Crippen LogP contribution >= 0.6 is 27.5 Å². The molecule has 0 N–H and O–H groups in total. The molecule has 0 saturated heterocycles. The lowest BCUT2D eigenvalue weighted by Gasteiger charge is -2.15. The van der Waals surface area contributed by atoms with Gasteiger partial charge < -0.3 is 9.47 Å². The van der Waals surface area contributed by atoms with Gasteiger partial charge in [0, 0.05) is 10.5 Å². The summed E-state index contributed by atoms with van der Waals surface area (Å²) in [6.07, 6.45) is 2.27. The predicted molar refractivity (Wildman–Crippen MR) is 109 cm³/mol. The topological polar surface area (TPSA) is 61.3 Å². The van der Waals surface area contributed by atoms with Crippen LogP contribution < -0.4 is 9.47 Å². The Hall–Kier alpha value is -2.44. The van der Waals surface area contributed by atoms with Gasteiger partial charge in [-0.2, -0.15) is 0 Å². The molecule has 5 nitrogen and oxygen atoms in total. The number of ether oxygens (including phenoxy) is 2. The molecule has 0 spiro atoms. The molecule has 0 amide bonds. The standard InChI is InChI=1S/C21H16BrClN2O3/c1-12-4-2-7-16(13-8-9-13)19(12)28-20-17(11-18(23)24-25-20)27-21(26)14-5-3-6-15(22)10-14/h2-7,10-11,13H,8-9H2,1H3. The normalized spacial score (nSPS) is 13.2. The molecule has 1 fully saturated rings. The van der Waals surface area contributed by atoms with E-state index in [4.69, 9.17) is 21.1 Å². The van der Waals surface area contributed by atoms with Gasteiger partial charge in [0.15, 0.2) is 10.9 Å². The largest absolute Gasteiger partial charge is 0.434 e. The lowest BCUT2D eigenvalue weighted by molar-refractivity contribution is 0.0729. The molecule has 1 aromatic heterocycles. The maximum Gasteiger partial charge on any atom is 0.343 e. The monoisotopic (exact) mass is 458 g/mol. The van der Waals surface area contributed by atoms with E-state index in [-0.39, 0.29) is 16.8 Å². The van der Waals surface area contributed by atoms with Crippen molar-refractivity contribution in [3.8, 4) is 17.4 Å². The van der Waals surface area contributed by atoms with Crippen LogP contribution in [0.3, 0.4) is 0 Å². The molecule has 1 heterocycles. The van der Waals surface area contributed by atoms with Crippen molar-refractivity contribution in [2.24, 2.45) is 0 Å².